The number of methoxy groups -OCH3 is 1. The molecule has 0 aliphatic heterocycles. The van der Waals surface area contributed by atoms with Gasteiger partial charge in [-0.1, -0.05) is 6.07 Å². The molecule has 0 amide bonds. The Morgan fingerprint density at radius 1 is 1.21 bits per heavy atom. The van der Waals surface area contributed by atoms with Crippen molar-refractivity contribution < 1.29 is 14.2 Å². The zero-order valence-corrected chi connectivity index (χ0v) is 15.3. The second-order valence-corrected chi connectivity index (χ2v) is 5.39. The van der Waals surface area contributed by atoms with E-state index in [4.69, 9.17) is 14.2 Å². The average molecular weight is 337 g/mol. The number of aliphatic imine (C=N–C) groups is 1. The largest absolute Gasteiger partial charge is 0.497 e. The van der Waals surface area contributed by atoms with E-state index in [0.29, 0.717) is 6.54 Å². The third-order valence-electron chi connectivity index (χ3n) is 3.37. The Morgan fingerprint density at radius 2 is 2.00 bits per heavy atom. The van der Waals surface area contributed by atoms with Gasteiger partial charge in [0.2, 0.25) is 0 Å². The van der Waals surface area contributed by atoms with Gasteiger partial charge in [-0.25, -0.2) is 0 Å². The number of hydrogen-bond donors (Lipinski definition) is 2. The summed E-state index contributed by atoms with van der Waals surface area (Å²) in [6.45, 7) is 7.16. The molecule has 6 heteroatoms. The number of ether oxygens (including phenoxy) is 3. The fourth-order valence-electron chi connectivity index (χ4n) is 2.09. The van der Waals surface area contributed by atoms with Crippen molar-refractivity contribution in [3.8, 4) is 11.5 Å². The number of guanidine groups is 1. The van der Waals surface area contributed by atoms with Gasteiger partial charge >= 0.3 is 0 Å². The van der Waals surface area contributed by atoms with E-state index in [-0.39, 0.29) is 6.10 Å². The third kappa shape index (κ3) is 8.62. The maximum Gasteiger partial charge on any atom is 0.191 e. The van der Waals surface area contributed by atoms with Gasteiger partial charge in [-0.05, 0) is 38.8 Å². The van der Waals surface area contributed by atoms with Crippen LogP contribution in [0.3, 0.4) is 0 Å². The van der Waals surface area contributed by atoms with Crippen LogP contribution >= 0.6 is 0 Å². The van der Waals surface area contributed by atoms with Crippen molar-refractivity contribution in [2.24, 2.45) is 4.99 Å². The summed E-state index contributed by atoms with van der Waals surface area (Å²) in [4.78, 5) is 4.22. The molecular formula is C18H31N3O3. The SMILES string of the molecule is CCOCCCCNC(=NC)NCC(C)Oc1cccc(OC)c1. The number of unbranched alkanes of at least 4 members (excludes halogenated alkanes) is 1. The number of hydrogen-bond acceptors (Lipinski definition) is 4. The first-order valence-corrected chi connectivity index (χ1v) is 8.52. The molecule has 0 aliphatic rings. The minimum absolute atomic E-state index is 0.00797. The molecule has 0 bridgehead atoms. The maximum absolute atomic E-state index is 5.88. The van der Waals surface area contributed by atoms with E-state index in [1.807, 2.05) is 38.1 Å². The van der Waals surface area contributed by atoms with Crippen LogP contribution in [0.5, 0.6) is 11.5 Å². The van der Waals surface area contributed by atoms with Gasteiger partial charge in [0.15, 0.2) is 5.96 Å². The topological polar surface area (TPSA) is 64.1 Å². The predicted molar refractivity (Wildman–Crippen MR) is 98.2 cm³/mol. The molecule has 0 spiro atoms. The number of nitrogens with zero attached hydrogens (tertiary/aromatic N) is 1. The van der Waals surface area contributed by atoms with E-state index in [1.54, 1.807) is 14.2 Å². The lowest BCUT2D eigenvalue weighted by Gasteiger charge is -2.18. The first-order chi connectivity index (χ1) is 11.7. The quantitative estimate of drug-likeness (QED) is 0.369. The van der Waals surface area contributed by atoms with Crippen LogP contribution in [0.2, 0.25) is 0 Å². The minimum Gasteiger partial charge on any atom is -0.497 e. The molecule has 24 heavy (non-hydrogen) atoms. The molecule has 1 aromatic carbocycles. The molecular weight excluding hydrogens is 306 g/mol. The van der Waals surface area contributed by atoms with Crippen molar-refractivity contribution in [2.75, 3.05) is 40.5 Å². The minimum atomic E-state index is 0.00797. The molecule has 136 valence electrons. The van der Waals surface area contributed by atoms with Crippen LogP contribution in [-0.2, 0) is 4.74 Å². The molecule has 0 fully saturated rings. The Kier molecular flexibility index (Phi) is 10.4. The summed E-state index contributed by atoms with van der Waals surface area (Å²) in [5, 5.41) is 6.56. The molecule has 1 rings (SSSR count). The van der Waals surface area contributed by atoms with Crippen molar-refractivity contribution >= 4 is 5.96 Å². The first-order valence-electron chi connectivity index (χ1n) is 8.52. The standard InChI is InChI=1S/C18H31N3O3/c1-5-23-12-7-6-11-20-18(19-3)21-14-15(2)24-17-10-8-9-16(13-17)22-4/h8-10,13,15H,5-7,11-12,14H2,1-4H3,(H2,19,20,21). The summed E-state index contributed by atoms with van der Waals surface area (Å²) >= 11 is 0. The van der Waals surface area contributed by atoms with Gasteiger partial charge in [0, 0.05) is 32.9 Å². The zero-order valence-electron chi connectivity index (χ0n) is 15.3. The fraction of sp³-hybridized carbons (Fsp3) is 0.611. The second-order valence-electron chi connectivity index (χ2n) is 5.39. The highest BCUT2D eigenvalue weighted by Gasteiger charge is 2.06. The highest BCUT2D eigenvalue weighted by Crippen LogP contribution is 2.19. The van der Waals surface area contributed by atoms with E-state index in [1.165, 1.54) is 0 Å². The fourth-order valence-corrected chi connectivity index (χ4v) is 2.09. The normalized spacial score (nSPS) is 12.6. The zero-order chi connectivity index (χ0) is 17.6. The van der Waals surface area contributed by atoms with E-state index >= 15 is 0 Å². The summed E-state index contributed by atoms with van der Waals surface area (Å²) in [6.07, 6.45) is 2.11. The van der Waals surface area contributed by atoms with Gasteiger partial charge in [-0.15, -0.1) is 0 Å². The third-order valence-corrected chi connectivity index (χ3v) is 3.37. The van der Waals surface area contributed by atoms with Crippen molar-refractivity contribution in [2.45, 2.75) is 32.8 Å². The van der Waals surface area contributed by atoms with Crippen LogP contribution in [-0.4, -0.2) is 52.5 Å². The predicted octanol–water partition coefficient (Wildman–Crippen LogP) is 2.44. The summed E-state index contributed by atoms with van der Waals surface area (Å²) in [6, 6.07) is 7.61. The highest BCUT2D eigenvalue weighted by atomic mass is 16.5. The lowest BCUT2D eigenvalue weighted by Crippen LogP contribution is -2.42. The lowest BCUT2D eigenvalue weighted by atomic mass is 10.3. The van der Waals surface area contributed by atoms with Crippen LogP contribution < -0.4 is 20.1 Å². The molecule has 1 unspecified atom stereocenters. The van der Waals surface area contributed by atoms with Gasteiger partial charge in [-0.2, -0.15) is 0 Å². The Hall–Kier alpha value is -1.95. The van der Waals surface area contributed by atoms with Gasteiger partial charge in [-0.3, -0.25) is 4.99 Å². The maximum atomic E-state index is 5.88. The molecule has 0 radical (unpaired) electrons. The summed E-state index contributed by atoms with van der Waals surface area (Å²) < 4.78 is 16.4. The van der Waals surface area contributed by atoms with Crippen molar-refractivity contribution in [1.29, 1.82) is 0 Å². The molecule has 1 atom stereocenters. The van der Waals surface area contributed by atoms with E-state index < -0.39 is 0 Å². The second kappa shape index (κ2) is 12.5. The molecule has 1 aromatic rings. The van der Waals surface area contributed by atoms with E-state index in [0.717, 1.165) is 50.1 Å². The number of benzene rings is 1. The van der Waals surface area contributed by atoms with Gasteiger partial charge in [0.1, 0.15) is 17.6 Å². The Bertz CT molecular complexity index is 480. The van der Waals surface area contributed by atoms with Crippen molar-refractivity contribution in [3.63, 3.8) is 0 Å². The molecule has 2 N–H and O–H groups in total. The van der Waals surface area contributed by atoms with Gasteiger partial charge in [0.05, 0.1) is 13.7 Å². The molecule has 0 aromatic heterocycles. The van der Waals surface area contributed by atoms with Crippen LogP contribution in [0.1, 0.15) is 26.7 Å². The number of rotatable bonds is 11. The Balaban J connectivity index is 2.24. The van der Waals surface area contributed by atoms with Crippen LogP contribution in [0.15, 0.2) is 29.3 Å². The first kappa shape index (κ1) is 20.1. The highest BCUT2D eigenvalue weighted by molar-refractivity contribution is 5.79. The molecule has 0 aliphatic carbocycles. The lowest BCUT2D eigenvalue weighted by molar-refractivity contribution is 0.143. The summed E-state index contributed by atoms with van der Waals surface area (Å²) in [5.74, 6) is 2.37. The van der Waals surface area contributed by atoms with Crippen LogP contribution in [0.4, 0.5) is 0 Å². The monoisotopic (exact) mass is 337 g/mol. The molecule has 0 heterocycles. The molecule has 0 saturated carbocycles. The van der Waals surface area contributed by atoms with Crippen LogP contribution in [0, 0.1) is 0 Å². The molecule has 0 saturated heterocycles. The van der Waals surface area contributed by atoms with Crippen LogP contribution in [0.25, 0.3) is 0 Å². The summed E-state index contributed by atoms with van der Waals surface area (Å²) in [7, 11) is 3.41. The Morgan fingerprint density at radius 3 is 2.71 bits per heavy atom. The van der Waals surface area contributed by atoms with Crippen molar-refractivity contribution in [1.82, 2.24) is 10.6 Å². The summed E-state index contributed by atoms with van der Waals surface area (Å²) in [5.41, 5.74) is 0. The smallest absolute Gasteiger partial charge is 0.191 e. The van der Waals surface area contributed by atoms with Gasteiger partial charge < -0.3 is 24.8 Å². The van der Waals surface area contributed by atoms with E-state index in [9.17, 15) is 0 Å². The molecule has 6 nitrogen and oxygen atoms in total. The van der Waals surface area contributed by atoms with Crippen molar-refractivity contribution in [3.05, 3.63) is 24.3 Å². The number of nitrogens with one attached hydrogen (secondary N) is 2. The van der Waals surface area contributed by atoms with E-state index in [2.05, 4.69) is 15.6 Å². The average Bonchev–Trinajstić information content (AvgIpc) is 2.60. The van der Waals surface area contributed by atoms with Gasteiger partial charge in [0.25, 0.3) is 0 Å². The Labute approximate surface area is 145 Å².